The van der Waals surface area contributed by atoms with Crippen molar-refractivity contribution in [3.63, 3.8) is 0 Å². The minimum Gasteiger partial charge on any atom is -0.760 e. The Balaban J connectivity index is 0. The lowest BCUT2D eigenvalue weighted by atomic mass is 11.3. The van der Waals surface area contributed by atoms with Gasteiger partial charge in [-0.2, -0.15) is 0 Å². The van der Waals surface area contributed by atoms with Crippen molar-refractivity contribution in [1.82, 2.24) is 4.31 Å². The minimum atomic E-state index is -2.03. The summed E-state index contributed by atoms with van der Waals surface area (Å²) in [6.45, 7) is 0. The summed E-state index contributed by atoms with van der Waals surface area (Å²) in [4.78, 5) is 0. The highest BCUT2D eigenvalue weighted by Crippen LogP contribution is 1.73. The molecule has 0 amide bonds. The smallest absolute Gasteiger partial charge is 0.0203 e. The highest BCUT2D eigenvalue weighted by atomic mass is 32.2. The van der Waals surface area contributed by atoms with E-state index in [0.717, 1.165) is 4.31 Å². The van der Waals surface area contributed by atoms with Crippen molar-refractivity contribution in [2.75, 3.05) is 14.1 Å². The van der Waals surface area contributed by atoms with Crippen LogP contribution in [0.25, 0.3) is 0 Å². The maximum Gasteiger partial charge on any atom is 0.0203 e. The molecule has 52 valence electrons. The molecule has 1 unspecified atom stereocenters. The van der Waals surface area contributed by atoms with Gasteiger partial charge in [0.05, 0.1) is 0 Å². The summed E-state index contributed by atoms with van der Waals surface area (Å²) in [7, 11) is 2.92. The van der Waals surface area contributed by atoms with Gasteiger partial charge in [-0.3, -0.25) is 15.9 Å². The van der Waals surface area contributed by atoms with E-state index in [1.54, 1.807) is 0 Å². The number of hydrogen-bond acceptors (Lipinski definition) is 4. The van der Waals surface area contributed by atoms with Crippen LogP contribution in [0.1, 0.15) is 0 Å². The predicted octanol–water partition coefficient (Wildman–Crippen LogP) is -1.84. The minimum absolute atomic E-state index is 1.08. The van der Waals surface area contributed by atoms with Crippen molar-refractivity contribution in [3.05, 3.63) is 0 Å². The van der Waals surface area contributed by atoms with Crippen LogP contribution in [0.5, 0.6) is 0 Å². The normalized spacial score (nSPS) is 12.2. The Bertz CT molecular complexity index is 66.3. The van der Waals surface area contributed by atoms with E-state index in [0.29, 0.717) is 0 Å². The third-order valence-corrected chi connectivity index (χ3v) is 0.894. The van der Waals surface area contributed by atoms with Gasteiger partial charge in [-0.1, -0.05) is 0 Å². The van der Waals surface area contributed by atoms with Crippen molar-refractivity contribution in [2.24, 2.45) is 11.7 Å². The van der Waals surface area contributed by atoms with E-state index in [1.807, 2.05) is 0 Å². The average Bonchev–Trinajstić information content (AvgIpc) is 1.72. The predicted molar refractivity (Wildman–Crippen MR) is 31.0 cm³/mol. The molecule has 0 aromatic carbocycles. The molecule has 6 heteroatoms. The molecule has 0 saturated heterocycles. The number of hydrogen-bond donors (Lipinski definition) is 2. The van der Waals surface area contributed by atoms with Crippen molar-refractivity contribution < 1.29 is 8.76 Å². The fraction of sp³-hybridized carbons (Fsp3) is 1.00. The Labute approximate surface area is 51.0 Å². The molecule has 0 aliphatic carbocycles. The quantitative estimate of drug-likeness (QED) is 0.254. The standard InChI is InChI=1S/C2H7NO2S.H4N2/c1-3(2)6(4)5;1-2/h1-2H3,(H,4,5);1-2H2/p-1. The number of nitrogens with zero attached hydrogens (tertiary/aromatic N) is 1. The van der Waals surface area contributed by atoms with Crippen LogP contribution in [-0.2, 0) is 11.3 Å². The fourth-order valence-electron chi connectivity index (χ4n) is 0. The van der Waals surface area contributed by atoms with E-state index in [-0.39, 0.29) is 0 Å². The summed E-state index contributed by atoms with van der Waals surface area (Å²) in [5, 5.41) is 0. The Morgan fingerprint density at radius 1 is 1.50 bits per heavy atom. The Hall–Kier alpha value is -0.0100. The highest BCUT2D eigenvalue weighted by molar-refractivity contribution is 7.76. The Kier molecular flexibility index (Phi) is 9.51. The van der Waals surface area contributed by atoms with Crippen LogP contribution in [0.2, 0.25) is 0 Å². The maximum atomic E-state index is 9.62. The third-order valence-electron chi connectivity index (χ3n) is 0.298. The van der Waals surface area contributed by atoms with E-state index in [4.69, 9.17) is 0 Å². The molecule has 0 aliphatic heterocycles. The van der Waals surface area contributed by atoms with Crippen LogP contribution < -0.4 is 11.7 Å². The van der Waals surface area contributed by atoms with Crippen LogP contribution in [0.4, 0.5) is 0 Å². The Morgan fingerprint density at radius 3 is 1.62 bits per heavy atom. The molecule has 0 rings (SSSR count). The van der Waals surface area contributed by atoms with Gasteiger partial charge >= 0.3 is 0 Å². The van der Waals surface area contributed by atoms with Gasteiger partial charge in [-0.05, 0) is 14.1 Å². The van der Waals surface area contributed by atoms with Crippen molar-refractivity contribution in [2.45, 2.75) is 0 Å². The van der Waals surface area contributed by atoms with E-state index < -0.39 is 11.3 Å². The first-order valence-electron chi connectivity index (χ1n) is 1.74. The van der Waals surface area contributed by atoms with Gasteiger partial charge in [-0.15, -0.1) is 0 Å². The van der Waals surface area contributed by atoms with E-state index in [9.17, 15) is 8.76 Å². The molecule has 0 aromatic rings. The largest absolute Gasteiger partial charge is 0.760 e. The lowest BCUT2D eigenvalue weighted by Gasteiger charge is -2.10. The Morgan fingerprint density at radius 2 is 1.62 bits per heavy atom. The second-order valence-corrected chi connectivity index (χ2v) is 2.19. The summed E-state index contributed by atoms with van der Waals surface area (Å²) < 4.78 is 20.3. The molecule has 0 bridgehead atoms. The molecule has 4 N–H and O–H groups in total. The van der Waals surface area contributed by atoms with Gasteiger partial charge in [0.25, 0.3) is 0 Å². The fourth-order valence-corrected chi connectivity index (χ4v) is 0. The first-order chi connectivity index (χ1) is 3.64. The lowest BCUT2D eigenvalue weighted by molar-refractivity contribution is 0.470. The molecular weight excluding hydrogens is 130 g/mol. The van der Waals surface area contributed by atoms with Crippen LogP contribution in [0.15, 0.2) is 0 Å². The van der Waals surface area contributed by atoms with E-state index >= 15 is 0 Å². The number of rotatable bonds is 1. The highest BCUT2D eigenvalue weighted by Gasteiger charge is 1.78. The summed E-state index contributed by atoms with van der Waals surface area (Å²) in [6.07, 6.45) is 0. The third kappa shape index (κ3) is 9.37. The van der Waals surface area contributed by atoms with Gasteiger partial charge in [0.2, 0.25) is 0 Å². The lowest BCUT2D eigenvalue weighted by Crippen LogP contribution is -2.13. The van der Waals surface area contributed by atoms with Gasteiger partial charge in [0.1, 0.15) is 0 Å². The van der Waals surface area contributed by atoms with Gasteiger partial charge in [-0.25, -0.2) is 4.31 Å². The summed E-state index contributed by atoms with van der Waals surface area (Å²) in [6, 6.07) is 0. The zero-order chi connectivity index (χ0) is 7.15. The topological polar surface area (TPSA) is 95.4 Å². The molecular formula is C2H10N3O2S-. The number of hydrazine groups is 1. The molecule has 1 atom stereocenters. The number of nitrogens with two attached hydrogens (primary N) is 2. The first-order valence-corrected chi connectivity index (χ1v) is 2.78. The van der Waals surface area contributed by atoms with Crippen molar-refractivity contribution >= 4 is 11.3 Å². The van der Waals surface area contributed by atoms with Crippen LogP contribution >= 0.6 is 0 Å². The van der Waals surface area contributed by atoms with Crippen molar-refractivity contribution in [1.29, 1.82) is 0 Å². The first kappa shape index (κ1) is 10.9. The second kappa shape index (κ2) is 6.99. The summed E-state index contributed by atoms with van der Waals surface area (Å²) in [5.41, 5.74) is 0. The van der Waals surface area contributed by atoms with Gasteiger partial charge in [0, 0.05) is 11.3 Å². The zero-order valence-electron chi connectivity index (χ0n) is 4.83. The average molecular weight is 140 g/mol. The van der Waals surface area contributed by atoms with Crippen LogP contribution in [-0.4, -0.2) is 27.2 Å². The molecule has 8 heavy (non-hydrogen) atoms. The molecule has 0 fully saturated rings. The molecule has 0 aromatic heterocycles. The molecule has 0 radical (unpaired) electrons. The summed E-state index contributed by atoms with van der Waals surface area (Å²) >= 11 is -2.03. The summed E-state index contributed by atoms with van der Waals surface area (Å²) in [5.74, 6) is 8.00. The molecule has 5 nitrogen and oxygen atoms in total. The second-order valence-electron chi connectivity index (χ2n) is 1.03. The molecule has 0 aliphatic rings. The van der Waals surface area contributed by atoms with Crippen LogP contribution in [0, 0.1) is 0 Å². The van der Waals surface area contributed by atoms with Crippen LogP contribution in [0.3, 0.4) is 0 Å². The monoisotopic (exact) mass is 140 g/mol. The maximum absolute atomic E-state index is 9.62. The van der Waals surface area contributed by atoms with E-state index in [1.165, 1.54) is 14.1 Å². The SMILES string of the molecule is CN(C)S(=O)[O-].NN. The zero-order valence-corrected chi connectivity index (χ0v) is 5.64. The molecule has 0 heterocycles. The molecule has 0 saturated carbocycles. The van der Waals surface area contributed by atoms with Gasteiger partial charge in [0.15, 0.2) is 0 Å². The van der Waals surface area contributed by atoms with E-state index in [2.05, 4.69) is 11.7 Å². The van der Waals surface area contributed by atoms with Crippen molar-refractivity contribution in [3.8, 4) is 0 Å². The molecule has 0 spiro atoms. The van der Waals surface area contributed by atoms with Gasteiger partial charge < -0.3 is 4.55 Å².